The maximum absolute atomic E-state index is 5.54. The van der Waals surface area contributed by atoms with Gasteiger partial charge in [0.1, 0.15) is 0 Å². The summed E-state index contributed by atoms with van der Waals surface area (Å²) in [6.07, 6.45) is 3.98. The molecule has 2 saturated heterocycles. The van der Waals surface area contributed by atoms with Gasteiger partial charge in [0.05, 0.1) is 13.2 Å². The molecule has 0 bridgehead atoms. The van der Waals surface area contributed by atoms with Crippen molar-refractivity contribution < 1.29 is 4.74 Å². The van der Waals surface area contributed by atoms with E-state index in [1.165, 1.54) is 38.9 Å². The van der Waals surface area contributed by atoms with Crippen LogP contribution < -0.4 is 5.32 Å². The van der Waals surface area contributed by atoms with Gasteiger partial charge in [-0.2, -0.15) is 0 Å². The molecular formula is C12H24N2O. The highest BCUT2D eigenvalue weighted by molar-refractivity contribution is 4.79. The second-order valence-electron chi connectivity index (χ2n) is 4.84. The second kappa shape index (κ2) is 5.83. The maximum atomic E-state index is 5.54. The van der Waals surface area contributed by atoms with E-state index >= 15 is 0 Å². The van der Waals surface area contributed by atoms with Crippen LogP contribution in [0.4, 0.5) is 0 Å². The molecule has 15 heavy (non-hydrogen) atoms. The molecule has 88 valence electrons. The Kier molecular flexibility index (Phi) is 4.42. The third-order valence-electron chi connectivity index (χ3n) is 3.71. The Hall–Kier alpha value is -0.120. The first-order chi connectivity index (χ1) is 7.40. The van der Waals surface area contributed by atoms with Gasteiger partial charge in [-0.1, -0.05) is 6.92 Å². The highest BCUT2D eigenvalue weighted by Gasteiger charge is 2.24. The minimum Gasteiger partial charge on any atom is -0.378 e. The molecule has 2 unspecified atom stereocenters. The number of rotatable bonds is 3. The van der Waals surface area contributed by atoms with E-state index in [1.807, 2.05) is 0 Å². The SMILES string of the molecule is CCC1COCCN1CC1CCCNC1. The van der Waals surface area contributed by atoms with Crippen molar-refractivity contribution in [3.8, 4) is 0 Å². The molecule has 0 radical (unpaired) electrons. The number of nitrogens with zero attached hydrogens (tertiary/aromatic N) is 1. The summed E-state index contributed by atoms with van der Waals surface area (Å²) in [5, 5.41) is 3.50. The molecule has 0 aromatic rings. The fourth-order valence-electron chi connectivity index (χ4n) is 2.72. The van der Waals surface area contributed by atoms with Crippen molar-refractivity contribution >= 4 is 0 Å². The van der Waals surface area contributed by atoms with Gasteiger partial charge in [0.15, 0.2) is 0 Å². The third-order valence-corrected chi connectivity index (χ3v) is 3.71. The molecule has 2 aliphatic heterocycles. The highest BCUT2D eigenvalue weighted by Crippen LogP contribution is 2.16. The lowest BCUT2D eigenvalue weighted by molar-refractivity contribution is -0.0167. The van der Waals surface area contributed by atoms with Crippen LogP contribution in [0.1, 0.15) is 26.2 Å². The zero-order chi connectivity index (χ0) is 10.5. The predicted octanol–water partition coefficient (Wildman–Crippen LogP) is 1.10. The molecule has 0 amide bonds. The van der Waals surface area contributed by atoms with Crippen molar-refractivity contribution in [2.24, 2.45) is 5.92 Å². The highest BCUT2D eigenvalue weighted by atomic mass is 16.5. The van der Waals surface area contributed by atoms with E-state index in [-0.39, 0.29) is 0 Å². The van der Waals surface area contributed by atoms with Gasteiger partial charge in [-0.25, -0.2) is 0 Å². The topological polar surface area (TPSA) is 24.5 Å². The average Bonchev–Trinajstić information content (AvgIpc) is 2.31. The lowest BCUT2D eigenvalue weighted by Gasteiger charge is -2.38. The minimum absolute atomic E-state index is 0.667. The first-order valence-corrected chi connectivity index (χ1v) is 6.42. The fourth-order valence-corrected chi connectivity index (χ4v) is 2.72. The van der Waals surface area contributed by atoms with Crippen LogP contribution in [-0.4, -0.2) is 50.3 Å². The Morgan fingerprint density at radius 3 is 3.13 bits per heavy atom. The fraction of sp³-hybridized carbons (Fsp3) is 1.00. The Bertz CT molecular complexity index is 180. The summed E-state index contributed by atoms with van der Waals surface area (Å²) < 4.78 is 5.54. The average molecular weight is 212 g/mol. The first kappa shape index (κ1) is 11.4. The van der Waals surface area contributed by atoms with Crippen molar-refractivity contribution in [1.82, 2.24) is 10.2 Å². The zero-order valence-corrected chi connectivity index (χ0v) is 9.87. The number of piperidine rings is 1. The molecule has 0 aliphatic carbocycles. The molecule has 2 rings (SSSR count). The van der Waals surface area contributed by atoms with Gasteiger partial charge in [-0.3, -0.25) is 4.90 Å². The molecule has 0 saturated carbocycles. The predicted molar refractivity (Wildman–Crippen MR) is 62.1 cm³/mol. The normalized spacial score (nSPS) is 34.2. The number of nitrogens with one attached hydrogen (secondary N) is 1. The van der Waals surface area contributed by atoms with Crippen LogP contribution in [0.25, 0.3) is 0 Å². The van der Waals surface area contributed by atoms with Crippen molar-refractivity contribution in [3.05, 3.63) is 0 Å². The molecule has 2 fully saturated rings. The first-order valence-electron chi connectivity index (χ1n) is 6.42. The number of morpholine rings is 1. The van der Waals surface area contributed by atoms with Crippen LogP contribution in [0.2, 0.25) is 0 Å². The number of ether oxygens (including phenoxy) is 1. The van der Waals surface area contributed by atoms with Crippen LogP contribution >= 0.6 is 0 Å². The van der Waals surface area contributed by atoms with Gasteiger partial charge < -0.3 is 10.1 Å². The van der Waals surface area contributed by atoms with Gasteiger partial charge in [0.2, 0.25) is 0 Å². The van der Waals surface area contributed by atoms with Crippen molar-refractivity contribution in [2.45, 2.75) is 32.2 Å². The molecule has 0 aromatic heterocycles. The Labute approximate surface area is 93.2 Å². The van der Waals surface area contributed by atoms with Crippen LogP contribution in [-0.2, 0) is 4.74 Å². The summed E-state index contributed by atoms with van der Waals surface area (Å²) in [5.74, 6) is 0.867. The monoisotopic (exact) mass is 212 g/mol. The van der Waals surface area contributed by atoms with Gasteiger partial charge in [-0.05, 0) is 38.3 Å². The second-order valence-corrected chi connectivity index (χ2v) is 4.84. The van der Waals surface area contributed by atoms with E-state index in [9.17, 15) is 0 Å². The van der Waals surface area contributed by atoms with Gasteiger partial charge in [-0.15, -0.1) is 0 Å². The Morgan fingerprint density at radius 1 is 1.47 bits per heavy atom. The lowest BCUT2D eigenvalue weighted by atomic mass is 9.98. The minimum atomic E-state index is 0.667. The van der Waals surface area contributed by atoms with Crippen molar-refractivity contribution in [3.63, 3.8) is 0 Å². The molecule has 0 spiro atoms. The van der Waals surface area contributed by atoms with E-state index in [2.05, 4.69) is 17.1 Å². The largest absolute Gasteiger partial charge is 0.378 e. The van der Waals surface area contributed by atoms with Crippen LogP contribution in [0, 0.1) is 5.92 Å². The van der Waals surface area contributed by atoms with E-state index < -0.39 is 0 Å². The molecule has 2 aliphatic rings. The molecule has 1 N–H and O–H groups in total. The van der Waals surface area contributed by atoms with E-state index in [0.29, 0.717) is 6.04 Å². The van der Waals surface area contributed by atoms with E-state index in [1.54, 1.807) is 0 Å². The summed E-state index contributed by atoms with van der Waals surface area (Å²) in [5.41, 5.74) is 0. The third kappa shape index (κ3) is 3.16. The van der Waals surface area contributed by atoms with Crippen molar-refractivity contribution in [1.29, 1.82) is 0 Å². The van der Waals surface area contributed by atoms with Crippen LogP contribution in [0.15, 0.2) is 0 Å². The number of hydrogen-bond donors (Lipinski definition) is 1. The van der Waals surface area contributed by atoms with Gasteiger partial charge >= 0.3 is 0 Å². The molecular weight excluding hydrogens is 188 g/mol. The molecule has 2 heterocycles. The van der Waals surface area contributed by atoms with Crippen LogP contribution in [0.3, 0.4) is 0 Å². The summed E-state index contributed by atoms with van der Waals surface area (Å²) in [6.45, 7) is 8.98. The molecule has 2 atom stereocenters. The van der Waals surface area contributed by atoms with Gasteiger partial charge in [0, 0.05) is 19.1 Å². The van der Waals surface area contributed by atoms with E-state index in [4.69, 9.17) is 4.74 Å². The van der Waals surface area contributed by atoms with Crippen molar-refractivity contribution in [2.75, 3.05) is 39.4 Å². The smallest absolute Gasteiger partial charge is 0.0622 e. The molecule has 3 nitrogen and oxygen atoms in total. The maximum Gasteiger partial charge on any atom is 0.0622 e. The summed E-state index contributed by atoms with van der Waals surface area (Å²) in [6, 6.07) is 0.667. The molecule has 3 heteroatoms. The quantitative estimate of drug-likeness (QED) is 0.758. The zero-order valence-electron chi connectivity index (χ0n) is 9.87. The van der Waals surface area contributed by atoms with Gasteiger partial charge in [0.25, 0.3) is 0 Å². The Balaban J connectivity index is 1.79. The van der Waals surface area contributed by atoms with Crippen LogP contribution in [0.5, 0.6) is 0 Å². The lowest BCUT2D eigenvalue weighted by Crippen LogP contribution is -2.49. The summed E-state index contributed by atoms with van der Waals surface area (Å²) in [4.78, 5) is 2.64. The van der Waals surface area contributed by atoms with E-state index in [0.717, 1.165) is 25.7 Å². The molecule has 0 aromatic carbocycles. The summed E-state index contributed by atoms with van der Waals surface area (Å²) in [7, 11) is 0. The number of hydrogen-bond acceptors (Lipinski definition) is 3. The Morgan fingerprint density at radius 2 is 2.40 bits per heavy atom. The standard InChI is InChI=1S/C12H24N2O/c1-2-12-10-15-7-6-14(12)9-11-4-3-5-13-8-11/h11-13H,2-10H2,1H3. The summed E-state index contributed by atoms with van der Waals surface area (Å²) >= 11 is 0.